The lowest BCUT2D eigenvalue weighted by molar-refractivity contribution is -0.137. The number of alkyl halides is 3. The number of hydrogen-bond acceptors (Lipinski definition) is 3. The fourth-order valence-corrected chi connectivity index (χ4v) is 3.45. The molecule has 0 radical (unpaired) electrons. The number of rotatable bonds is 6. The zero-order valence-corrected chi connectivity index (χ0v) is 18.0. The van der Waals surface area contributed by atoms with E-state index in [0.717, 1.165) is 43.3 Å². The monoisotopic (exact) mass is 475 g/mol. The fraction of sp³-hybridized carbons (Fsp3) is 0.333. The van der Waals surface area contributed by atoms with Gasteiger partial charge in [-0.2, -0.15) is 13.2 Å². The van der Waals surface area contributed by atoms with Gasteiger partial charge in [-0.05, 0) is 42.3 Å². The van der Waals surface area contributed by atoms with E-state index in [0.29, 0.717) is 11.6 Å². The first-order valence-corrected chi connectivity index (χ1v) is 9.80. The van der Waals surface area contributed by atoms with Crippen molar-refractivity contribution in [3.05, 3.63) is 70.2 Å². The van der Waals surface area contributed by atoms with E-state index in [1.165, 1.54) is 6.07 Å². The Morgan fingerprint density at radius 2 is 1.84 bits per heavy atom. The third kappa shape index (κ3) is 7.41. The molecule has 1 aliphatic heterocycles. The van der Waals surface area contributed by atoms with Gasteiger partial charge in [0.05, 0.1) is 12.1 Å². The molecule has 0 spiro atoms. The normalized spacial score (nSPS) is 16.5. The molecule has 2 aromatic rings. The third-order valence-corrected chi connectivity index (χ3v) is 5.07. The molecule has 1 aliphatic rings. The van der Waals surface area contributed by atoms with Crippen molar-refractivity contribution in [3.8, 4) is 0 Å². The number of hydrogen-bond donors (Lipinski definition) is 2. The molecule has 2 amide bonds. The van der Waals surface area contributed by atoms with E-state index in [4.69, 9.17) is 11.6 Å². The molecule has 1 saturated heterocycles. The largest absolute Gasteiger partial charge is 0.416 e. The number of nitrogens with zero attached hydrogens (tertiary/aromatic N) is 1. The maximum absolute atomic E-state index is 12.8. The van der Waals surface area contributed by atoms with Crippen LogP contribution in [0, 0.1) is 0 Å². The highest BCUT2D eigenvalue weighted by Gasteiger charge is 2.31. The van der Waals surface area contributed by atoms with Crippen molar-refractivity contribution < 1.29 is 22.8 Å². The number of halogens is 5. The second-order valence-corrected chi connectivity index (χ2v) is 7.61. The van der Waals surface area contributed by atoms with Crippen LogP contribution in [0.25, 0.3) is 0 Å². The standard InChI is InChI=1S/C21H21ClF3N3O2.ClH/c22-17-6-4-14(5-7-17)12-28-9-8-18(13-28)27-19(29)11-26-20(30)15-2-1-3-16(10-15)21(23,24)25;/h1-7,10,18H,8-9,11-13H2,(H,26,30)(H,27,29);1H. The Labute approximate surface area is 189 Å². The smallest absolute Gasteiger partial charge is 0.350 e. The molecule has 0 aromatic heterocycles. The van der Waals surface area contributed by atoms with Gasteiger partial charge in [0.2, 0.25) is 5.91 Å². The molecule has 0 aliphatic carbocycles. The minimum atomic E-state index is -4.53. The molecule has 31 heavy (non-hydrogen) atoms. The maximum atomic E-state index is 12.8. The Bertz CT molecular complexity index is 907. The van der Waals surface area contributed by atoms with Gasteiger partial charge >= 0.3 is 6.18 Å². The lowest BCUT2D eigenvalue weighted by atomic mass is 10.1. The Morgan fingerprint density at radius 1 is 1.13 bits per heavy atom. The van der Waals surface area contributed by atoms with Gasteiger partial charge in [0.1, 0.15) is 0 Å². The van der Waals surface area contributed by atoms with Crippen molar-refractivity contribution in [2.24, 2.45) is 0 Å². The summed E-state index contributed by atoms with van der Waals surface area (Å²) >= 11 is 5.89. The summed E-state index contributed by atoms with van der Waals surface area (Å²) in [5.74, 6) is -1.11. The molecule has 0 saturated carbocycles. The van der Waals surface area contributed by atoms with Crippen LogP contribution in [-0.4, -0.2) is 42.4 Å². The topological polar surface area (TPSA) is 61.4 Å². The number of carbonyl (C=O) groups excluding carboxylic acids is 2. The Morgan fingerprint density at radius 3 is 2.52 bits per heavy atom. The van der Waals surface area contributed by atoms with Gasteiger partial charge in [0.25, 0.3) is 5.91 Å². The number of likely N-dealkylation sites (tertiary alicyclic amines) is 1. The van der Waals surface area contributed by atoms with E-state index in [1.54, 1.807) is 0 Å². The summed E-state index contributed by atoms with van der Waals surface area (Å²) in [4.78, 5) is 26.4. The van der Waals surface area contributed by atoms with Crippen LogP contribution >= 0.6 is 24.0 Å². The number of carbonyl (C=O) groups is 2. The van der Waals surface area contributed by atoms with Crippen LogP contribution in [0.2, 0.25) is 5.02 Å². The zero-order chi connectivity index (χ0) is 21.7. The Balaban J connectivity index is 0.00000341. The van der Waals surface area contributed by atoms with Crippen molar-refractivity contribution in [1.29, 1.82) is 0 Å². The summed E-state index contributed by atoms with van der Waals surface area (Å²) in [5.41, 5.74) is 0.0682. The molecule has 2 aromatic carbocycles. The quantitative estimate of drug-likeness (QED) is 0.665. The van der Waals surface area contributed by atoms with Gasteiger partial charge in [-0.15, -0.1) is 12.4 Å². The van der Waals surface area contributed by atoms with E-state index in [9.17, 15) is 22.8 Å². The molecular weight excluding hydrogens is 454 g/mol. The first-order valence-electron chi connectivity index (χ1n) is 9.42. The molecule has 1 heterocycles. The number of nitrogens with one attached hydrogen (secondary N) is 2. The van der Waals surface area contributed by atoms with Crippen LogP contribution in [-0.2, 0) is 17.5 Å². The van der Waals surface area contributed by atoms with Crippen molar-refractivity contribution in [1.82, 2.24) is 15.5 Å². The molecule has 0 bridgehead atoms. The number of benzene rings is 2. The van der Waals surface area contributed by atoms with Crippen LogP contribution in [0.5, 0.6) is 0 Å². The lowest BCUT2D eigenvalue weighted by Crippen LogP contribution is -2.43. The summed E-state index contributed by atoms with van der Waals surface area (Å²) in [7, 11) is 0. The highest BCUT2D eigenvalue weighted by Crippen LogP contribution is 2.29. The van der Waals surface area contributed by atoms with Gasteiger partial charge in [-0.1, -0.05) is 29.8 Å². The van der Waals surface area contributed by atoms with Crippen LogP contribution in [0.3, 0.4) is 0 Å². The highest BCUT2D eigenvalue weighted by atomic mass is 35.5. The molecule has 1 unspecified atom stereocenters. The van der Waals surface area contributed by atoms with E-state index >= 15 is 0 Å². The van der Waals surface area contributed by atoms with Gasteiger partial charge < -0.3 is 10.6 Å². The molecule has 5 nitrogen and oxygen atoms in total. The maximum Gasteiger partial charge on any atom is 0.416 e. The summed E-state index contributed by atoms with van der Waals surface area (Å²) in [6, 6.07) is 11.6. The van der Waals surface area contributed by atoms with Gasteiger partial charge in [-0.3, -0.25) is 14.5 Å². The average molecular weight is 476 g/mol. The molecular formula is C21H22Cl2F3N3O2. The van der Waals surface area contributed by atoms with E-state index in [2.05, 4.69) is 15.5 Å². The Kier molecular flexibility index (Phi) is 8.73. The van der Waals surface area contributed by atoms with Crippen LogP contribution in [0.1, 0.15) is 27.9 Å². The van der Waals surface area contributed by atoms with Crippen molar-refractivity contribution in [3.63, 3.8) is 0 Å². The summed E-state index contributed by atoms with van der Waals surface area (Å²) in [6.45, 7) is 1.94. The molecule has 168 valence electrons. The van der Waals surface area contributed by atoms with E-state index in [-0.39, 0.29) is 36.5 Å². The SMILES string of the molecule is Cl.O=C(CNC(=O)c1cccc(C(F)(F)F)c1)NC1CCN(Cc2ccc(Cl)cc2)C1. The van der Waals surface area contributed by atoms with Crippen LogP contribution < -0.4 is 10.6 Å². The van der Waals surface area contributed by atoms with Crippen LogP contribution in [0.4, 0.5) is 13.2 Å². The predicted molar refractivity (Wildman–Crippen MR) is 114 cm³/mol. The fourth-order valence-electron chi connectivity index (χ4n) is 3.32. The van der Waals surface area contributed by atoms with Crippen molar-refractivity contribution >= 4 is 35.8 Å². The average Bonchev–Trinajstić information content (AvgIpc) is 3.14. The minimum Gasteiger partial charge on any atom is -0.350 e. The molecule has 3 rings (SSSR count). The number of amides is 2. The second-order valence-electron chi connectivity index (χ2n) is 7.18. The second kappa shape index (κ2) is 10.8. The zero-order valence-electron chi connectivity index (χ0n) is 16.4. The van der Waals surface area contributed by atoms with Crippen molar-refractivity contribution in [2.45, 2.75) is 25.2 Å². The minimum absolute atomic E-state index is 0. The lowest BCUT2D eigenvalue weighted by Gasteiger charge is -2.17. The van der Waals surface area contributed by atoms with E-state index < -0.39 is 17.6 Å². The summed E-state index contributed by atoms with van der Waals surface area (Å²) in [5, 5.41) is 5.89. The van der Waals surface area contributed by atoms with Crippen LogP contribution in [0.15, 0.2) is 48.5 Å². The predicted octanol–water partition coefficient (Wildman–Crippen LogP) is 3.90. The summed E-state index contributed by atoms with van der Waals surface area (Å²) in [6.07, 6.45) is -3.76. The first kappa shape index (κ1) is 25.0. The van der Waals surface area contributed by atoms with Gasteiger partial charge in [0.15, 0.2) is 0 Å². The first-order chi connectivity index (χ1) is 14.2. The molecule has 1 atom stereocenters. The molecule has 10 heteroatoms. The third-order valence-electron chi connectivity index (χ3n) is 4.82. The van der Waals surface area contributed by atoms with Gasteiger partial charge in [0, 0.05) is 36.3 Å². The van der Waals surface area contributed by atoms with Crippen molar-refractivity contribution in [2.75, 3.05) is 19.6 Å². The highest BCUT2D eigenvalue weighted by molar-refractivity contribution is 6.30. The molecule has 1 fully saturated rings. The van der Waals surface area contributed by atoms with E-state index in [1.807, 2.05) is 24.3 Å². The Hall–Kier alpha value is -2.29. The summed E-state index contributed by atoms with van der Waals surface area (Å²) < 4.78 is 38.3. The van der Waals surface area contributed by atoms with Gasteiger partial charge in [-0.25, -0.2) is 0 Å². The molecule has 2 N–H and O–H groups in total.